The van der Waals surface area contributed by atoms with Gasteiger partial charge in [0.1, 0.15) is 11.5 Å². The van der Waals surface area contributed by atoms with Crippen molar-refractivity contribution in [1.29, 1.82) is 0 Å². The molecule has 0 bridgehead atoms. The number of anilines is 1. The van der Waals surface area contributed by atoms with Gasteiger partial charge in [0.15, 0.2) is 0 Å². The number of piperazine rings is 1. The lowest BCUT2D eigenvalue weighted by molar-refractivity contribution is -0.129. The van der Waals surface area contributed by atoms with E-state index in [9.17, 15) is 4.79 Å². The molecule has 4 nitrogen and oxygen atoms in total. The molecule has 0 spiro atoms. The van der Waals surface area contributed by atoms with Crippen molar-refractivity contribution in [3.63, 3.8) is 0 Å². The van der Waals surface area contributed by atoms with E-state index in [1.165, 1.54) is 30.5 Å². The Hall–Kier alpha value is -1.85. The third-order valence-electron chi connectivity index (χ3n) is 7.66. The molecule has 1 heterocycles. The molecule has 1 aliphatic carbocycles. The number of Topliss-reactive ketones (excluding diaryl/α,β-unsaturated/α-hetero) is 1. The van der Waals surface area contributed by atoms with E-state index in [0.29, 0.717) is 5.78 Å². The molecule has 0 radical (unpaired) electrons. The van der Waals surface area contributed by atoms with Crippen LogP contribution >= 0.6 is 17.0 Å². The van der Waals surface area contributed by atoms with Gasteiger partial charge in [-0.15, -0.1) is 17.0 Å². The van der Waals surface area contributed by atoms with Gasteiger partial charge in [-0.2, -0.15) is 0 Å². The molecule has 0 amide bonds. The number of rotatable bonds is 8. The number of ketones is 1. The maximum Gasteiger partial charge on any atom is 0.146 e. The highest BCUT2D eigenvalue weighted by Crippen LogP contribution is 2.37. The van der Waals surface area contributed by atoms with Gasteiger partial charge in [0.05, 0.1) is 18.2 Å². The Labute approximate surface area is 210 Å². The SMILES string of the molecule is Br.COc1ccccc1N1CCN(CCC(C)(C(=O)C2CCCCC2)c2ccccc2)CC1. The molecule has 2 aromatic rings. The van der Waals surface area contributed by atoms with Crippen LogP contribution in [0.15, 0.2) is 54.6 Å². The van der Waals surface area contributed by atoms with Crippen molar-refractivity contribution in [3.8, 4) is 5.75 Å². The van der Waals surface area contributed by atoms with E-state index in [4.69, 9.17) is 4.74 Å². The van der Waals surface area contributed by atoms with E-state index in [0.717, 1.165) is 57.7 Å². The highest BCUT2D eigenvalue weighted by Gasteiger charge is 2.39. The Morgan fingerprint density at radius 2 is 1.58 bits per heavy atom. The molecule has 2 aromatic carbocycles. The Morgan fingerprint density at radius 3 is 2.24 bits per heavy atom. The average molecular weight is 516 g/mol. The highest BCUT2D eigenvalue weighted by atomic mass is 79.9. The Kier molecular flexibility index (Phi) is 9.39. The second-order valence-electron chi connectivity index (χ2n) is 9.65. The van der Waals surface area contributed by atoms with Gasteiger partial charge in [-0.05, 0) is 50.4 Å². The minimum absolute atomic E-state index is 0. The smallest absolute Gasteiger partial charge is 0.146 e. The number of halogens is 1. The summed E-state index contributed by atoms with van der Waals surface area (Å²) in [5.41, 5.74) is 1.96. The molecule has 1 unspecified atom stereocenters. The van der Waals surface area contributed by atoms with E-state index in [-0.39, 0.29) is 22.9 Å². The van der Waals surface area contributed by atoms with E-state index in [1.54, 1.807) is 7.11 Å². The van der Waals surface area contributed by atoms with Crippen molar-refractivity contribution >= 4 is 28.5 Å². The van der Waals surface area contributed by atoms with Gasteiger partial charge in [-0.1, -0.05) is 61.7 Å². The number of methoxy groups -OCH3 is 1. The minimum Gasteiger partial charge on any atom is -0.495 e. The van der Waals surface area contributed by atoms with Crippen molar-refractivity contribution in [2.75, 3.05) is 44.7 Å². The topological polar surface area (TPSA) is 32.8 Å². The van der Waals surface area contributed by atoms with Crippen LogP contribution in [0.3, 0.4) is 0 Å². The Morgan fingerprint density at radius 1 is 0.939 bits per heavy atom. The molecule has 1 atom stereocenters. The molecular weight excluding hydrogens is 476 g/mol. The number of ether oxygens (including phenoxy) is 1. The lowest BCUT2D eigenvalue weighted by atomic mass is 9.69. The molecule has 33 heavy (non-hydrogen) atoms. The summed E-state index contributed by atoms with van der Waals surface area (Å²) in [4.78, 5) is 18.7. The van der Waals surface area contributed by atoms with Crippen molar-refractivity contribution in [3.05, 3.63) is 60.2 Å². The molecule has 1 aliphatic heterocycles. The molecular formula is C28H39BrN2O2. The standard InChI is InChI=1S/C28H38N2O2.BrH/c1-28(24-13-7-4-8-14-24,27(31)23-11-5-3-6-12-23)17-18-29-19-21-30(22-20-29)25-15-9-10-16-26(25)32-2;/h4,7-10,13-16,23H,3,5-6,11-12,17-22H2,1-2H3;1H. The van der Waals surface area contributed by atoms with Crippen LogP contribution in [0.5, 0.6) is 5.75 Å². The second-order valence-corrected chi connectivity index (χ2v) is 9.65. The van der Waals surface area contributed by atoms with Crippen molar-refractivity contribution in [2.24, 2.45) is 5.92 Å². The van der Waals surface area contributed by atoms with E-state index >= 15 is 0 Å². The molecule has 2 fully saturated rings. The third kappa shape index (κ3) is 5.99. The number of hydrogen-bond acceptors (Lipinski definition) is 4. The van der Waals surface area contributed by atoms with Crippen LogP contribution in [0.25, 0.3) is 0 Å². The number of hydrogen-bond donors (Lipinski definition) is 0. The maximum absolute atomic E-state index is 13.8. The number of carbonyl (C=O) groups is 1. The van der Waals surface area contributed by atoms with Crippen molar-refractivity contribution < 1.29 is 9.53 Å². The summed E-state index contributed by atoms with van der Waals surface area (Å²) in [7, 11) is 1.74. The van der Waals surface area contributed by atoms with Crippen LogP contribution < -0.4 is 9.64 Å². The summed E-state index contributed by atoms with van der Waals surface area (Å²) in [5.74, 6) is 1.64. The fraction of sp³-hybridized carbons (Fsp3) is 0.536. The lowest BCUT2D eigenvalue weighted by Crippen LogP contribution is -2.48. The van der Waals surface area contributed by atoms with Gasteiger partial charge < -0.3 is 9.64 Å². The summed E-state index contributed by atoms with van der Waals surface area (Å²) in [5, 5.41) is 0. The normalized spacial score (nSPS) is 19.4. The van der Waals surface area contributed by atoms with E-state index < -0.39 is 5.41 Å². The van der Waals surface area contributed by atoms with Crippen LogP contribution in [0.1, 0.15) is 51.0 Å². The first kappa shape index (κ1) is 25.8. The lowest BCUT2D eigenvalue weighted by Gasteiger charge is -2.39. The van der Waals surface area contributed by atoms with Gasteiger partial charge in [0.2, 0.25) is 0 Å². The summed E-state index contributed by atoms with van der Waals surface area (Å²) < 4.78 is 5.56. The fourth-order valence-electron chi connectivity index (χ4n) is 5.52. The zero-order valence-corrected chi connectivity index (χ0v) is 21.9. The second kappa shape index (κ2) is 12.0. The molecule has 0 N–H and O–H groups in total. The molecule has 1 saturated heterocycles. The number of carbonyl (C=O) groups excluding carboxylic acids is 1. The molecule has 180 valence electrons. The van der Waals surface area contributed by atoms with Crippen molar-refractivity contribution in [1.82, 2.24) is 4.90 Å². The zero-order valence-electron chi connectivity index (χ0n) is 20.2. The predicted molar refractivity (Wildman–Crippen MR) is 142 cm³/mol. The summed E-state index contributed by atoms with van der Waals surface area (Å²) in [6.07, 6.45) is 6.71. The van der Waals surface area contributed by atoms with Gasteiger partial charge in [-0.25, -0.2) is 0 Å². The largest absolute Gasteiger partial charge is 0.495 e. The molecule has 0 aromatic heterocycles. The fourth-order valence-corrected chi connectivity index (χ4v) is 5.52. The molecule has 5 heteroatoms. The van der Waals surface area contributed by atoms with Crippen LogP contribution in [0.2, 0.25) is 0 Å². The van der Waals surface area contributed by atoms with Gasteiger partial charge >= 0.3 is 0 Å². The van der Waals surface area contributed by atoms with Crippen LogP contribution in [-0.2, 0) is 10.2 Å². The minimum atomic E-state index is -0.400. The molecule has 1 saturated carbocycles. The maximum atomic E-state index is 13.8. The van der Waals surface area contributed by atoms with Crippen molar-refractivity contribution in [2.45, 2.75) is 50.9 Å². The summed E-state index contributed by atoms with van der Waals surface area (Å²) >= 11 is 0. The Bertz CT molecular complexity index is 876. The zero-order chi connectivity index (χ0) is 22.4. The number of nitrogens with zero attached hydrogens (tertiary/aromatic N) is 2. The van der Waals surface area contributed by atoms with Crippen LogP contribution in [0.4, 0.5) is 5.69 Å². The number of benzene rings is 2. The monoisotopic (exact) mass is 514 g/mol. The first-order chi connectivity index (χ1) is 15.6. The first-order valence-corrected chi connectivity index (χ1v) is 12.3. The Balaban J connectivity index is 0.00000306. The summed E-state index contributed by atoms with van der Waals surface area (Å²) in [6, 6.07) is 18.8. The van der Waals surface area contributed by atoms with E-state index in [2.05, 4.69) is 53.1 Å². The molecule has 4 rings (SSSR count). The van der Waals surface area contributed by atoms with E-state index in [1.807, 2.05) is 18.2 Å². The van der Waals surface area contributed by atoms with Gasteiger partial charge in [-0.3, -0.25) is 9.69 Å². The van der Waals surface area contributed by atoms with Gasteiger partial charge in [0, 0.05) is 32.1 Å². The average Bonchev–Trinajstić information content (AvgIpc) is 2.88. The third-order valence-corrected chi connectivity index (χ3v) is 7.66. The predicted octanol–water partition coefficient (Wildman–Crippen LogP) is 5.89. The first-order valence-electron chi connectivity index (χ1n) is 12.3. The summed E-state index contributed by atoms with van der Waals surface area (Å²) in [6.45, 7) is 7.16. The molecule has 2 aliphatic rings. The number of para-hydroxylation sites is 2. The quantitative estimate of drug-likeness (QED) is 0.439. The van der Waals surface area contributed by atoms with Gasteiger partial charge in [0.25, 0.3) is 0 Å². The van der Waals surface area contributed by atoms with Crippen LogP contribution in [0, 0.1) is 5.92 Å². The van der Waals surface area contributed by atoms with Crippen LogP contribution in [-0.4, -0.2) is 50.5 Å². The highest BCUT2D eigenvalue weighted by molar-refractivity contribution is 8.93.